The summed E-state index contributed by atoms with van der Waals surface area (Å²) in [5.74, 6) is 4.16. The van der Waals surface area contributed by atoms with Crippen LogP contribution in [0.1, 0.15) is 12.2 Å². The van der Waals surface area contributed by atoms with E-state index in [1.165, 1.54) is 0 Å². The zero-order valence-electron chi connectivity index (χ0n) is 14.1. The maximum Gasteiger partial charge on any atom is 0.227 e. The highest BCUT2D eigenvalue weighted by atomic mass is 32.2. The second-order valence-electron chi connectivity index (χ2n) is 6.47. The number of amides is 1. The molecule has 1 amide bonds. The first kappa shape index (κ1) is 15.7. The summed E-state index contributed by atoms with van der Waals surface area (Å²) in [7, 11) is 1.89. The molecule has 0 radical (unpaired) electrons. The Bertz CT molecular complexity index is 769. The third-order valence-corrected chi connectivity index (χ3v) is 5.79. The lowest BCUT2D eigenvalue weighted by molar-refractivity contribution is -0.134. The summed E-state index contributed by atoms with van der Waals surface area (Å²) in [6.45, 7) is 5.28. The number of carbonyl (C=O) groups excluding carboxylic acids is 1. The number of fused-ring (bicyclic) bond motifs is 1. The van der Waals surface area contributed by atoms with Gasteiger partial charge >= 0.3 is 0 Å². The fraction of sp³-hybridized carbons (Fsp3) is 0.625. The molecule has 24 heavy (non-hydrogen) atoms. The van der Waals surface area contributed by atoms with Crippen molar-refractivity contribution < 1.29 is 4.79 Å². The largest absolute Gasteiger partial charge is 0.355 e. The van der Waals surface area contributed by atoms with E-state index in [1.54, 1.807) is 4.68 Å². The van der Waals surface area contributed by atoms with Crippen molar-refractivity contribution in [1.82, 2.24) is 24.6 Å². The van der Waals surface area contributed by atoms with Gasteiger partial charge in [0.15, 0.2) is 5.65 Å². The maximum absolute atomic E-state index is 12.8. The van der Waals surface area contributed by atoms with Crippen molar-refractivity contribution in [1.29, 1.82) is 0 Å². The lowest BCUT2D eigenvalue weighted by Crippen LogP contribution is -2.42. The molecular formula is C16H22N6OS. The fourth-order valence-electron chi connectivity index (χ4n) is 3.55. The van der Waals surface area contributed by atoms with Crippen LogP contribution in [0.4, 0.5) is 5.82 Å². The quantitative estimate of drug-likeness (QED) is 0.810. The normalized spacial score (nSPS) is 21.7. The Balaban J connectivity index is 1.55. The van der Waals surface area contributed by atoms with Gasteiger partial charge in [0.1, 0.15) is 11.6 Å². The van der Waals surface area contributed by atoms with E-state index in [4.69, 9.17) is 0 Å². The molecule has 8 heteroatoms. The number of anilines is 1. The average molecular weight is 346 g/mol. The first-order valence-corrected chi connectivity index (χ1v) is 9.57. The van der Waals surface area contributed by atoms with Crippen LogP contribution in [-0.2, 0) is 11.8 Å². The molecule has 7 nitrogen and oxygen atoms in total. The molecule has 4 heterocycles. The van der Waals surface area contributed by atoms with Crippen LogP contribution >= 0.6 is 11.8 Å². The topological polar surface area (TPSA) is 67.2 Å². The number of thioether (sulfide) groups is 1. The fourth-order valence-corrected chi connectivity index (χ4v) is 4.45. The molecule has 0 saturated carbocycles. The van der Waals surface area contributed by atoms with Crippen LogP contribution < -0.4 is 4.90 Å². The Morgan fingerprint density at radius 2 is 2.04 bits per heavy atom. The summed E-state index contributed by atoms with van der Waals surface area (Å²) >= 11 is 1.93. The number of aromatic nitrogens is 4. The second kappa shape index (κ2) is 6.23. The summed E-state index contributed by atoms with van der Waals surface area (Å²) in [4.78, 5) is 26.1. The molecule has 4 rings (SSSR count). The van der Waals surface area contributed by atoms with E-state index in [0.717, 1.165) is 66.8 Å². The number of carbonyl (C=O) groups is 1. The van der Waals surface area contributed by atoms with Gasteiger partial charge < -0.3 is 9.80 Å². The molecule has 0 N–H and O–H groups in total. The Morgan fingerprint density at radius 1 is 1.25 bits per heavy atom. The molecule has 0 spiro atoms. The predicted octanol–water partition coefficient (Wildman–Crippen LogP) is 1.07. The zero-order chi connectivity index (χ0) is 16.7. The van der Waals surface area contributed by atoms with E-state index >= 15 is 0 Å². The van der Waals surface area contributed by atoms with E-state index < -0.39 is 0 Å². The average Bonchev–Trinajstić information content (AvgIpc) is 3.22. The molecule has 2 aliphatic heterocycles. The summed E-state index contributed by atoms with van der Waals surface area (Å²) in [5.41, 5.74) is 0.848. The third kappa shape index (κ3) is 2.72. The van der Waals surface area contributed by atoms with Crippen LogP contribution in [0.15, 0.2) is 6.20 Å². The molecule has 0 aromatic carbocycles. The van der Waals surface area contributed by atoms with Gasteiger partial charge in [0.05, 0.1) is 17.5 Å². The number of hydrogen-bond acceptors (Lipinski definition) is 6. The van der Waals surface area contributed by atoms with Crippen molar-refractivity contribution >= 4 is 34.5 Å². The van der Waals surface area contributed by atoms with Gasteiger partial charge in [-0.3, -0.25) is 9.48 Å². The molecule has 1 unspecified atom stereocenters. The van der Waals surface area contributed by atoms with E-state index in [2.05, 4.69) is 20.0 Å². The van der Waals surface area contributed by atoms with Crippen molar-refractivity contribution in [2.45, 2.75) is 13.3 Å². The summed E-state index contributed by atoms with van der Waals surface area (Å²) in [6, 6.07) is 0. The molecule has 0 bridgehead atoms. The highest BCUT2D eigenvalue weighted by molar-refractivity contribution is 7.99. The van der Waals surface area contributed by atoms with Gasteiger partial charge in [-0.1, -0.05) is 0 Å². The van der Waals surface area contributed by atoms with Gasteiger partial charge in [-0.25, -0.2) is 9.97 Å². The van der Waals surface area contributed by atoms with Crippen LogP contribution in [0.5, 0.6) is 0 Å². The van der Waals surface area contributed by atoms with Gasteiger partial charge in [-0.15, -0.1) is 0 Å². The molecule has 2 aliphatic rings. The third-order valence-electron chi connectivity index (χ3n) is 4.84. The predicted molar refractivity (Wildman–Crippen MR) is 95.3 cm³/mol. The lowest BCUT2D eigenvalue weighted by atomic mass is 10.1. The smallest absolute Gasteiger partial charge is 0.227 e. The van der Waals surface area contributed by atoms with Crippen LogP contribution in [0.3, 0.4) is 0 Å². The standard InChI is InChI=1S/C16H22N6OS/c1-11-18-14-13(9-17-20(14)2)15(19-11)22-4-3-12(10-22)16(23)21-5-7-24-8-6-21/h9,12H,3-8,10H2,1-2H3. The zero-order valence-corrected chi connectivity index (χ0v) is 14.9. The molecule has 2 aromatic heterocycles. The van der Waals surface area contributed by atoms with Gasteiger partial charge in [0.2, 0.25) is 5.91 Å². The molecular weight excluding hydrogens is 324 g/mol. The van der Waals surface area contributed by atoms with E-state index in [-0.39, 0.29) is 5.92 Å². The van der Waals surface area contributed by atoms with Crippen molar-refractivity contribution in [2.24, 2.45) is 13.0 Å². The Morgan fingerprint density at radius 3 is 2.83 bits per heavy atom. The summed E-state index contributed by atoms with van der Waals surface area (Å²) < 4.78 is 1.78. The monoisotopic (exact) mass is 346 g/mol. The van der Waals surface area contributed by atoms with E-state index in [9.17, 15) is 4.79 Å². The lowest BCUT2D eigenvalue weighted by Gasteiger charge is -2.29. The van der Waals surface area contributed by atoms with Gasteiger partial charge in [0.25, 0.3) is 0 Å². The van der Waals surface area contributed by atoms with Gasteiger partial charge in [0, 0.05) is 44.7 Å². The van der Waals surface area contributed by atoms with Gasteiger partial charge in [-0.2, -0.15) is 16.9 Å². The van der Waals surface area contributed by atoms with E-state index in [1.807, 2.05) is 36.8 Å². The molecule has 1 atom stereocenters. The van der Waals surface area contributed by atoms with Crippen LogP contribution in [0.25, 0.3) is 11.0 Å². The van der Waals surface area contributed by atoms with Crippen LogP contribution in [0.2, 0.25) is 0 Å². The molecule has 2 aromatic rings. The first-order chi connectivity index (χ1) is 11.6. The summed E-state index contributed by atoms with van der Waals surface area (Å²) in [5, 5.41) is 5.27. The minimum Gasteiger partial charge on any atom is -0.355 e. The Hall–Kier alpha value is -1.83. The Kier molecular flexibility index (Phi) is 4.07. The molecule has 2 saturated heterocycles. The number of rotatable bonds is 2. The highest BCUT2D eigenvalue weighted by Crippen LogP contribution is 2.29. The number of nitrogens with zero attached hydrogens (tertiary/aromatic N) is 6. The van der Waals surface area contributed by atoms with Crippen molar-refractivity contribution in [3.05, 3.63) is 12.0 Å². The SMILES string of the molecule is Cc1nc(N2CCC(C(=O)N3CCSCC3)C2)c2cnn(C)c2n1. The highest BCUT2D eigenvalue weighted by Gasteiger charge is 2.33. The van der Waals surface area contributed by atoms with Crippen LogP contribution in [0, 0.1) is 12.8 Å². The summed E-state index contributed by atoms with van der Waals surface area (Å²) in [6.07, 6.45) is 2.72. The second-order valence-corrected chi connectivity index (χ2v) is 7.69. The number of hydrogen-bond donors (Lipinski definition) is 0. The van der Waals surface area contributed by atoms with Crippen molar-refractivity contribution in [2.75, 3.05) is 42.6 Å². The molecule has 2 fully saturated rings. The van der Waals surface area contributed by atoms with E-state index in [0.29, 0.717) is 5.91 Å². The minimum absolute atomic E-state index is 0.0788. The van der Waals surface area contributed by atoms with Gasteiger partial charge in [-0.05, 0) is 13.3 Å². The minimum atomic E-state index is 0.0788. The molecule has 0 aliphatic carbocycles. The first-order valence-electron chi connectivity index (χ1n) is 8.41. The van der Waals surface area contributed by atoms with Crippen molar-refractivity contribution in [3.63, 3.8) is 0 Å². The maximum atomic E-state index is 12.8. The van der Waals surface area contributed by atoms with Crippen LogP contribution in [-0.4, -0.2) is 68.2 Å². The Labute approximate surface area is 145 Å². The molecule has 128 valence electrons. The number of aryl methyl sites for hydroxylation is 2. The van der Waals surface area contributed by atoms with Crippen molar-refractivity contribution in [3.8, 4) is 0 Å².